The van der Waals surface area contributed by atoms with E-state index in [1.165, 1.54) is 29.0 Å². The molecule has 6 nitrogen and oxygen atoms in total. The van der Waals surface area contributed by atoms with Crippen molar-refractivity contribution in [1.29, 1.82) is 0 Å². The molecule has 0 radical (unpaired) electrons. The van der Waals surface area contributed by atoms with Crippen LogP contribution in [0, 0.1) is 0 Å². The topological polar surface area (TPSA) is 64.4 Å². The van der Waals surface area contributed by atoms with Crippen molar-refractivity contribution in [3.63, 3.8) is 0 Å². The SMILES string of the molecule is COC(=O)C1=CN(CCc2c[nH]c3ccccc23)[C@@H](C)N(CCc2c[nH]c3ccccc23)[C@H]1C. The molecular formula is C28H32N4O2. The number of rotatable bonds is 7. The fraction of sp³-hybridized carbons (Fsp3) is 0.321. The van der Waals surface area contributed by atoms with E-state index in [1.807, 2.05) is 12.3 Å². The Morgan fingerprint density at radius 3 is 2.03 bits per heavy atom. The Labute approximate surface area is 200 Å². The second-order valence-electron chi connectivity index (χ2n) is 9.08. The monoisotopic (exact) mass is 456 g/mol. The molecule has 0 unspecified atom stereocenters. The summed E-state index contributed by atoms with van der Waals surface area (Å²) >= 11 is 0. The molecule has 0 fully saturated rings. The van der Waals surface area contributed by atoms with Crippen LogP contribution in [0.5, 0.6) is 0 Å². The third-order valence-electron chi connectivity index (χ3n) is 7.26. The van der Waals surface area contributed by atoms with E-state index in [4.69, 9.17) is 4.74 Å². The third-order valence-corrected chi connectivity index (χ3v) is 7.26. The summed E-state index contributed by atoms with van der Waals surface area (Å²) in [5.74, 6) is -0.256. The van der Waals surface area contributed by atoms with Crippen molar-refractivity contribution >= 4 is 27.8 Å². The van der Waals surface area contributed by atoms with Crippen molar-refractivity contribution in [2.45, 2.75) is 38.9 Å². The Bertz CT molecular complexity index is 1330. The van der Waals surface area contributed by atoms with Crippen LogP contribution in [-0.2, 0) is 22.4 Å². The molecule has 0 saturated carbocycles. The summed E-state index contributed by atoms with van der Waals surface area (Å²) in [6.07, 6.45) is 8.18. The first-order valence-corrected chi connectivity index (χ1v) is 12.0. The molecule has 2 atom stereocenters. The average molecular weight is 457 g/mol. The van der Waals surface area contributed by atoms with Gasteiger partial charge in [0.1, 0.15) is 0 Å². The summed E-state index contributed by atoms with van der Waals surface area (Å²) in [4.78, 5) is 24.1. The van der Waals surface area contributed by atoms with Crippen LogP contribution in [0.3, 0.4) is 0 Å². The Morgan fingerprint density at radius 2 is 1.44 bits per heavy atom. The summed E-state index contributed by atoms with van der Waals surface area (Å²) < 4.78 is 5.14. The molecule has 176 valence electrons. The van der Waals surface area contributed by atoms with Crippen LogP contribution in [-0.4, -0.2) is 58.1 Å². The van der Waals surface area contributed by atoms with Gasteiger partial charge in [-0.15, -0.1) is 0 Å². The first kappa shape index (κ1) is 22.3. The van der Waals surface area contributed by atoms with Crippen LogP contribution in [0.2, 0.25) is 0 Å². The van der Waals surface area contributed by atoms with Gasteiger partial charge in [0.2, 0.25) is 0 Å². The molecule has 0 aliphatic carbocycles. The van der Waals surface area contributed by atoms with Crippen molar-refractivity contribution < 1.29 is 9.53 Å². The lowest BCUT2D eigenvalue weighted by molar-refractivity contribution is -0.137. The fourth-order valence-corrected chi connectivity index (χ4v) is 5.24. The Morgan fingerprint density at radius 1 is 0.882 bits per heavy atom. The number of fused-ring (bicyclic) bond motifs is 2. The number of carbonyl (C=O) groups is 1. The predicted octanol–water partition coefficient (Wildman–Crippen LogP) is 4.84. The molecule has 6 heteroatoms. The first-order valence-electron chi connectivity index (χ1n) is 12.0. The minimum absolute atomic E-state index is 0.0167. The Kier molecular flexibility index (Phi) is 6.16. The smallest absolute Gasteiger partial charge is 0.336 e. The number of carbonyl (C=O) groups excluding carboxylic acids is 1. The average Bonchev–Trinajstić information content (AvgIpc) is 3.47. The maximum Gasteiger partial charge on any atom is 0.336 e. The van der Waals surface area contributed by atoms with Gasteiger partial charge in [0.05, 0.1) is 18.8 Å². The molecule has 1 aliphatic heterocycles. The van der Waals surface area contributed by atoms with Gasteiger partial charge in [0.15, 0.2) is 0 Å². The summed E-state index contributed by atoms with van der Waals surface area (Å²) in [7, 11) is 1.46. The molecule has 2 aromatic carbocycles. The lowest BCUT2D eigenvalue weighted by Gasteiger charge is -2.45. The highest BCUT2D eigenvalue weighted by Crippen LogP contribution is 2.27. The van der Waals surface area contributed by atoms with Gasteiger partial charge in [-0.05, 0) is 49.9 Å². The van der Waals surface area contributed by atoms with Gasteiger partial charge >= 0.3 is 5.97 Å². The van der Waals surface area contributed by atoms with Crippen LogP contribution in [0.4, 0.5) is 0 Å². The second kappa shape index (κ2) is 9.39. The number of esters is 1. The van der Waals surface area contributed by atoms with E-state index in [1.54, 1.807) is 0 Å². The largest absolute Gasteiger partial charge is 0.466 e. The minimum atomic E-state index is -0.256. The van der Waals surface area contributed by atoms with Crippen LogP contribution in [0.15, 0.2) is 72.7 Å². The number of hydrogen-bond donors (Lipinski definition) is 2. The van der Waals surface area contributed by atoms with Crippen LogP contribution >= 0.6 is 0 Å². The van der Waals surface area contributed by atoms with E-state index < -0.39 is 0 Å². The van der Waals surface area contributed by atoms with E-state index in [0.29, 0.717) is 5.57 Å². The van der Waals surface area contributed by atoms with Gasteiger partial charge in [-0.1, -0.05) is 36.4 Å². The number of nitrogens with one attached hydrogen (secondary N) is 2. The number of methoxy groups -OCH3 is 1. The van der Waals surface area contributed by atoms with Gasteiger partial charge in [0.25, 0.3) is 0 Å². The molecule has 0 saturated heterocycles. The number of para-hydroxylation sites is 2. The summed E-state index contributed by atoms with van der Waals surface area (Å²) in [5, 5.41) is 2.52. The van der Waals surface area contributed by atoms with E-state index >= 15 is 0 Å². The predicted molar refractivity (Wildman–Crippen MR) is 136 cm³/mol. The molecule has 3 heterocycles. The van der Waals surface area contributed by atoms with E-state index in [2.05, 4.69) is 88.5 Å². The highest BCUT2D eigenvalue weighted by Gasteiger charge is 2.34. The molecule has 34 heavy (non-hydrogen) atoms. The number of H-pyrrole nitrogens is 2. The molecule has 0 amide bonds. The number of hydrogen-bond acceptors (Lipinski definition) is 4. The summed E-state index contributed by atoms with van der Waals surface area (Å²) in [6.45, 7) is 6.00. The van der Waals surface area contributed by atoms with Gasteiger partial charge in [-0.25, -0.2) is 4.79 Å². The zero-order valence-corrected chi connectivity index (χ0v) is 20.0. The molecule has 5 rings (SSSR count). The zero-order valence-electron chi connectivity index (χ0n) is 20.0. The normalized spacial score (nSPS) is 19.0. The van der Waals surface area contributed by atoms with Crippen molar-refractivity contribution in [3.8, 4) is 0 Å². The van der Waals surface area contributed by atoms with Gasteiger partial charge in [-0.2, -0.15) is 0 Å². The number of benzene rings is 2. The molecule has 1 aliphatic rings. The van der Waals surface area contributed by atoms with E-state index in [-0.39, 0.29) is 18.2 Å². The molecule has 0 bridgehead atoms. The minimum Gasteiger partial charge on any atom is -0.466 e. The lowest BCUT2D eigenvalue weighted by atomic mass is 10.0. The van der Waals surface area contributed by atoms with Crippen molar-refractivity contribution in [2.75, 3.05) is 20.2 Å². The maximum atomic E-state index is 12.6. The number of nitrogens with zero attached hydrogens (tertiary/aromatic N) is 2. The van der Waals surface area contributed by atoms with Crippen molar-refractivity contribution in [1.82, 2.24) is 19.8 Å². The number of aromatic amines is 2. The number of aromatic nitrogens is 2. The van der Waals surface area contributed by atoms with Crippen molar-refractivity contribution in [2.24, 2.45) is 0 Å². The second-order valence-corrected chi connectivity index (χ2v) is 9.08. The lowest BCUT2D eigenvalue weighted by Crippen LogP contribution is -2.54. The van der Waals surface area contributed by atoms with E-state index in [9.17, 15) is 4.79 Å². The molecule has 2 N–H and O–H groups in total. The highest BCUT2D eigenvalue weighted by molar-refractivity contribution is 5.89. The van der Waals surface area contributed by atoms with Crippen LogP contribution in [0.25, 0.3) is 21.8 Å². The van der Waals surface area contributed by atoms with Gasteiger partial charge < -0.3 is 19.6 Å². The molecule has 0 spiro atoms. The zero-order chi connectivity index (χ0) is 23.7. The molecule has 4 aromatic rings. The fourth-order valence-electron chi connectivity index (χ4n) is 5.24. The van der Waals surface area contributed by atoms with Crippen LogP contribution in [0.1, 0.15) is 25.0 Å². The van der Waals surface area contributed by atoms with Gasteiger partial charge in [0, 0.05) is 59.5 Å². The van der Waals surface area contributed by atoms with E-state index in [0.717, 1.165) is 37.0 Å². The third kappa shape index (κ3) is 4.10. The summed E-state index contributed by atoms with van der Waals surface area (Å²) in [5.41, 5.74) is 5.62. The standard InChI is InChI=1S/C28H32N4O2/c1-19-25(28(33)34-3)18-31(14-12-21-16-29-26-10-6-4-8-23(21)26)20(2)32(19)15-13-22-17-30-27-11-7-5-9-24(22)27/h4-11,16-20,29-30H,12-15H2,1-3H3/t19-,20+/m0/s1. The Hall–Kier alpha value is -3.51. The number of ether oxygens (including phenoxy) is 1. The van der Waals surface area contributed by atoms with Gasteiger partial charge in [-0.3, -0.25) is 4.90 Å². The first-order chi connectivity index (χ1) is 16.6. The molecule has 2 aromatic heterocycles. The van der Waals surface area contributed by atoms with Crippen molar-refractivity contribution in [3.05, 3.63) is 83.8 Å². The maximum absolute atomic E-state index is 12.6. The quantitative estimate of drug-likeness (QED) is 0.391. The highest BCUT2D eigenvalue weighted by atomic mass is 16.5. The molecular weight excluding hydrogens is 424 g/mol. The summed E-state index contributed by atoms with van der Waals surface area (Å²) in [6, 6.07) is 16.8. The van der Waals surface area contributed by atoms with Crippen LogP contribution < -0.4 is 0 Å². The Balaban J connectivity index is 1.36.